The van der Waals surface area contributed by atoms with Crippen LogP contribution in [-0.4, -0.2) is 19.2 Å². The Bertz CT molecular complexity index is 431. The Balaban J connectivity index is 2.06. The molecule has 0 saturated heterocycles. The number of allylic oxidation sites excluding steroid dienone is 1. The van der Waals surface area contributed by atoms with Crippen LogP contribution in [0.15, 0.2) is 36.1 Å². The van der Waals surface area contributed by atoms with Crippen molar-refractivity contribution in [1.82, 2.24) is 5.32 Å². The van der Waals surface area contributed by atoms with Crippen molar-refractivity contribution in [2.75, 3.05) is 13.2 Å². The predicted octanol–water partition coefficient (Wildman–Crippen LogP) is 3.43. The molecular weight excluding hydrogens is 241 g/mol. The van der Waals surface area contributed by atoms with Gasteiger partial charge in [0.05, 0.1) is 12.6 Å². The first-order valence-corrected chi connectivity index (χ1v) is 7.10. The maximum Gasteiger partial charge on any atom is 0.123 e. The van der Waals surface area contributed by atoms with Gasteiger partial charge in [-0.15, -0.1) is 0 Å². The molecule has 3 heteroatoms. The highest BCUT2D eigenvalue weighted by atomic mass is 19.1. The Labute approximate surface area is 114 Å². The zero-order valence-corrected chi connectivity index (χ0v) is 11.5. The Hall–Kier alpha value is -1.35. The number of rotatable bonds is 6. The fourth-order valence-electron chi connectivity index (χ4n) is 2.31. The summed E-state index contributed by atoms with van der Waals surface area (Å²) in [5.41, 5.74) is 1.00. The van der Waals surface area contributed by atoms with Gasteiger partial charge >= 0.3 is 0 Å². The maximum atomic E-state index is 13.2. The third-order valence-corrected chi connectivity index (χ3v) is 3.28. The molecule has 1 unspecified atom stereocenters. The largest absolute Gasteiger partial charge is 0.497 e. The lowest BCUT2D eigenvalue weighted by atomic mass is 10.0. The Kier molecular flexibility index (Phi) is 5.40. The molecule has 0 bridgehead atoms. The van der Waals surface area contributed by atoms with Gasteiger partial charge in [0, 0.05) is 0 Å². The molecule has 104 valence electrons. The Morgan fingerprint density at radius 2 is 2.32 bits per heavy atom. The van der Waals surface area contributed by atoms with E-state index >= 15 is 0 Å². The highest BCUT2D eigenvalue weighted by Crippen LogP contribution is 2.17. The van der Waals surface area contributed by atoms with Gasteiger partial charge in [0.15, 0.2) is 0 Å². The minimum Gasteiger partial charge on any atom is -0.497 e. The molecule has 0 aliphatic carbocycles. The summed E-state index contributed by atoms with van der Waals surface area (Å²) >= 11 is 0. The molecule has 0 aromatic heterocycles. The quantitative estimate of drug-likeness (QED) is 0.849. The van der Waals surface area contributed by atoms with Gasteiger partial charge in [-0.2, -0.15) is 0 Å². The van der Waals surface area contributed by atoms with Crippen LogP contribution in [0, 0.1) is 5.82 Å². The Morgan fingerprint density at radius 1 is 1.42 bits per heavy atom. The van der Waals surface area contributed by atoms with Crippen LogP contribution in [0.2, 0.25) is 0 Å². The standard InChI is InChI=1S/C16H22FNO/c1-2-9-18-15(16-8-3-4-10-19-16)12-13-6-5-7-14(17)11-13/h5-8,11,15,18H,2-4,9-10,12H2,1H3. The monoisotopic (exact) mass is 263 g/mol. The molecule has 1 aliphatic heterocycles. The molecule has 1 atom stereocenters. The van der Waals surface area contributed by atoms with Crippen molar-refractivity contribution in [1.29, 1.82) is 0 Å². The first-order chi connectivity index (χ1) is 9.29. The molecule has 19 heavy (non-hydrogen) atoms. The minimum atomic E-state index is -0.176. The van der Waals surface area contributed by atoms with E-state index in [1.165, 1.54) is 6.07 Å². The minimum absolute atomic E-state index is 0.155. The third-order valence-electron chi connectivity index (χ3n) is 3.28. The fourth-order valence-corrected chi connectivity index (χ4v) is 2.31. The second-order valence-electron chi connectivity index (χ2n) is 4.94. The molecule has 1 aromatic carbocycles. The van der Waals surface area contributed by atoms with Gasteiger partial charge in [-0.3, -0.25) is 0 Å². The van der Waals surface area contributed by atoms with Crippen molar-refractivity contribution in [3.8, 4) is 0 Å². The number of benzene rings is 1. The molecule has 0 amide bonds. The zero-order chi connectivity index (χ0) is 13.5. The van der Waals surface area contributed by atoms with Crippen molar-refractivity contribution < 1.29 is 9.13 Å². The second kappa shape index (κ2) is 7.29. The van der Waals surface area contributed by atoms with E-state index in [0.717, 1.165) is 50.2 Å². The molecule has 2 rings (SSSR count). The molecule has 1 aromatic rings. The highest BCUT2D eigenvalue weighted by Gasteiger charge is 2.17. The Morgan fingerprint density at radius 3 is 3.00 bits per heavy atom. The van der Waals surface area contributed by atoms with Gasteiger partial charge in [0.1, 0.15) is 11.6 Å². The fraction of sp³-hybridized carbons (Fsp3) is 0.500. The van der Waals surface area contributed by atoms with Crippen LogP contribution in [-0.2, 0) is 11.2 Å². The molecule has 1 aliphatic rings. The van der Waals surface area contributed by atoms with Crippen molar-refractivity contribution in [2.24, 2.45) is 0 Å². The summed E-state index contributed by atoms with van der Waals surface area (Å²) in [7, 11) is 0. The van der Waals surface area contributed by atoms with E-state index in [2.05, 4.69) is 18.3 Å². The molecule has 1 N–H and O–H groups in total. The summed E-state index contributed by atoms with van der Waals surface area (Å²) in [4.78, 5) is 0. The first-order valence-electron chi connectivity index (χ1n) is 7.10. The third kappa shape index (κ3) is 4.35. The molecule has 2 nitrogen and oxygen atoms in total. The van der Waals surface area contributed by atoms with Crippen LogP contribution in [0.1, 0.15) is 31.7 Å². The lowest BCUT2D eigenvalue weighted by Crippen LogP contribution is -2.35. The molecule has 0 radical (unpaired) electrons. The van der Waals surface area contributed by atoms with Gasteiger partial charge in [-0.05, 0) is 56.0 Å². The number of hydrogen-bond acceptors (Lipinski definition) is 2. The van der Waals surface area contributed by atoms with E-state index in [1.54, 1.807) is 12.1 Å². The van der Waals surface area contributed by atoms with Gasteiger partial charge in [0.2, 0.25) is 0 Å². The average Bonchev–Trinajstić information content (AvgIpc) is 2.44. The van der Waals surface area contributed by atoms with Crippen molar-refractivity contribution in [2.45, 2.75) is 38.6 Å². The molecule has 0 fully saturated rings. The summed E-state index contributed by atoms with van der Waals surface area (Å²) in [5, 5.41) is 3.49. The van der Waals surface area contributed by atoms with Gasteiger partial charge in [-0.25, -0.2) is 4.39 Å². The smallest absolute Gasteiger partial charge is 0.123 e. The number of halogens is 1. The van der Waals surface area contributed by atoms with E-state index in [9.17, 15) is 4.39 Å². The summed E-state index contributed by atoms with van der Waals surface area (Å²) in [5.74, 6) is 0.842. The van der Waals surface area contributed by atoms with Crippen LogP contribution < -0.4 is 5.32 Å². The van der Waals surface area contributed by atoms with Crippen LogP contribution in [0.4, 0.5) is 4.39 Å². The van der Waals surface area contributed by atoms with Gasteiger partial charge < -0.3 is 10.1 Å². The van der Waals surface area contributed by atoms with Crippen molar-refractivity contribution in [3.05, 3.63) is 47.5 Å². The van der Waals surface area contributed by atoms with Crippen LogP contribution in [0.3, 0.4) is 0 Å². The average molecular weight is 263 g/mol. The lowest BCUT2D eigenvalue weighted by molar-refractivity contribution is 0.167. The predicted molar refractivity (Wildman–Crippen MR) is 75.5 cm³/mol. The van der Waals surface area contributed by atoms with Gasteiger partial charge in [-0.1, -0.05) is 19.1 Å². The topological polar surface area (TPSA) is 21.3 Å². The number of ether oxygens (including phenoxy) is 1. The van der Waals surface area contributed by atoms with Crippen molar-refractivity contribution >= 4 is 0 Å². The molecular formula is C16H22FNO. The maximum absolute atomic E-state index is 13.2. The summed E-state index contributed by atoms with van der Waals surface area (Å²) < 4.78 is 19.0. The van der Waals surface area contributed by atoms with Crippen LogP contribution in [0.5, 0.6) is 0 Å². The normalized spacial score (nSPS) is 16.6. The van der Waals surface area contributed by atoms with E-state index in [-0.39, 0.29) is 11.9 Å². The van der Waals surface area contributed by atoms with E-state index in [1.807, 2.05) is 6.07 Å². The lowest BCUT2D eigenvalue weighted by Gasteiger charge is -2.25. The van der Waals surface area contributed by atoms with Gasteiger partial charge in [0.25, 0.3) is 0 Å². The van der Waals surface area contributed by atoms with Crippen molar-refractivity contribution in [3.63, 3.8) is 0 Å². The second-order valence-corrected chi connectivity index (χ2v) is 4.94. The van der Waals surface area contributed by atoms with Crippen LogP contribution >= 0.6 is 0 Å². The SMILES string of the molecule is CCCNC(Cc1cccc(F)c1)C1=CCCCO1. The first kappa shape index (κ1) is 14.1. The zero-order valence-electron chi connectivity index (χ0n) is 11.5. The van der Waals surface area contributed by atoms with E-state index in [0.29, 0.717) is 0 Å². The summed E-state index contributed by atoms with van der Waals surface area (Å²) in [6.45, 7) is 3.88. The molecule has 0 saturated carbocycles. The van der Waals surface area contributed by atoms with Crippen LogP contribution in [0.25, 0.3) is 0 Å². The molecule has 1 heterocycles. The summed E-state index contributed by atoms with van der Waals surface area (Å²) in [6, 6.07) is 6.96. The summed E-state index contributed by atoms with van der Waals surface area (Å²) in [6.07, 6.45) is 6.17. The number of hydrogen-bond donors (Lipinski definition) is 1. The van der Waals surface area contributed by atoms with E-state index < -0.39 is 0 Å². The molecule has 0 spiro atoms. The number of nitrogens with one attached hydrogen (secondary N) is 1. The highest BCUT2D eigenvalue weighted by molar-refractivity contribution is 5.20. The van der Waals surface area contributed by atoms with E-state index in [4.69, 9.17) is 4.74 Å².